The molecule has 0 aliphatic rings. The number of benzene rings is 8. The van der Waals surface area contributed by atoms with Crippen molar-refractivity contribution in [3.8, 4) is 33.8 Å². The fourth-order valence-electron chi connectivity index (χ4n) is 9.29. The lowest BCUT2D eigenvalue weighted by atomic mass is 10.0. The third-order valence-electron chi connectivity index (χ3n) is 11.9. The molecule has 0 aliphatic heterocycles. The van der Waals surface area contributed by atoms with E-state index >= 15 is 0 Å². The zero-order valence-electron chi connectivity index (χ0n) is 31.1. The topological polar surface area (TPSA) is 49.0 Å². The molecule has 13 aromatic rings. The smallest absolute Gasteiger partial charge is 0.136 e. The average molecular weight is 742 g/mol. The molecule has 5 heterocycles. The van der Waals surface area contributed by atoms with Crippen molar-refractivity contribution in [2.24, 2.45) is 0 Å². The van der Waals surface area contributed by atoms with E-state index in [4.69, 9.17) is 13.8 Å². The van der Waals surface area contributed by atoms with Crippen molar-refractivity contribution < 1.29 is 8.83 Å². The van der Waals surface area contributed by atoms with Crippen LogP contribution < -0.4 is 0 Å². The number of aromatic nitrogens is 3. The van der Waals surface area contributed by atoms with Crippen LogP contribution in [-0.2, 0) is 0 Å². The van der Waals surface area contributed by atoms with Crippen LogP contribution in [0.3, 0.4) is 0 Å². The molecule has 5 aromatic heterocycles. The molecule has 0 radical (unpaired) electrons. The van der Waals surface area contributed by atoms with E-state index in [1.165, 1.54) is 27.1 Å². The second kappa shape index (κ2) is 11.8. The zero-order valence-corrected chi connectivity index (χ0v) is 31.1. The largest absolute Gasteiger partial charge is 0.456 e. The summed E-state index contributed by atoms with van der Waals surface area (Å²) < 4.78 is 17.3. The molecule has 0 aliphatic carbocycles. The third kappa shape index (κ3) is 4.50. The minimum absolute atomic E-state index is 0.860. The van der Waals surface area contributed by atoms with E-state index < -0.39 is 0 Å². The first-order chi connectivity index (χ1) is 28.7. The van der Waals surface area contributed by atoms with E-state index in [1.807, 2.05) is 24.4 Å². The van der Waals surface area contributed by atoms with Gasteiger partial charge in [-0.3, -0.25) is 4.98 Å². The van der Waals surface area contributed by atoms with Gasteiger partial charge < -0.3 is 18.0 Å². The molecule has 58 heavy (non-hydrogen) atoms. The number of fused-ring (bicyclic) bond motifs is 12. The summed E-state index contributed by atoms with van der Waals surface area (Å²) >= 11 is 0. The minimum atomic E-state index is 0.860. The molecule has 270 valence electrons. The number of nitrogens with zero attached hydrogens (tertiary/aromatic N) is 3. The number of para-hydroxylation sites is 4. The molecule has 0 saturated carbocycles. The summed E-state index contributed by atoms with van der Waals surface area (Å²) in [7, 11) is 0. The Morgan fingerprint density at radius 3 is 1.66 bits per heavy atom. The van der Waals surface area contributed by atoms with Gasteiger partial charge in [0, 0.05) is 60.0 Å². The van der Waals surface area contributed by atoms with E-state index in [-0.39, 0.29) is 0 Å². The Labute approximate surface area is 331 Å². The van der Waals surface area contributed by atoms with Crippen LogP contribution in [0.15, 0.2) is 197 Å². The minimum Gasteiger partial charge on any atom is -0.456 e. The van der Waals surface area contributed by atoms with E-state index in [0.29, 0.717) is 0 Å². The lowest BCUT2D eigenvalue weighted by Crippen LogP contribution is -1.95. The van der Waals surface area contributed by atoms with Gasteiger partial charge in [-0.1, -0.05) is 97.1 Å². The Kier molecular flexibility index (Phi) is 6.38. The van der Waals surface area contributed by atoms with Crippen LogP contribution >= 0.6 is 0 Å². The molecule has 0 bridgehead atoms. The number of pyridine rings is 1. The van der Waals surface area contributed by atoms with Crippen molar-refractivity contribution in [1.29, 1.82) is 0 Å². The van der Waals surface area contributed by atoms with Crippen molar-refractivity contribution in [3.05, 3.63) is 188 Å². The molecule has 0 saturated heterocycles. The lowest BCUT2D eigenvalue weighted by molar-refractivity contribution is 0.664. The summed E-state index contributed by atoms with van der Waals surface area (Å²) in [6.45, 7) is 0. The molecule has 0 fully saturated rings. The van der Waals surface area contributed by atoms with Gasteiger partial charge in [-0.05, 0) is 96.1 Å². The van der Waals surface area contributed by atoms with Gasteiger partial charge in [0.25, 0.3) is 0 Å². The molecule has 0 unspecified atom stereocenters. The van der Waals surface area contributed by atoms with Gasteiger partial charge in [-0.15, -0.1) is 0 Å². The molecule has 13 rings (SSSR count). The van der Waals surface area contributed by atoms with E-state index in [2.05, 4.69) is 173 Å². The Morgan fingerprint density at radius 2 is 0.862 bits per heavy atom. The first kappa shape index (κ1) is 31.3. The maximum absolute atomic E-state index is 6.40. The predicted octanol–water partition coefficient (Wildman–Crippen LogP) is 14.4. The molecule has 5 nitrogen and oxygen atoms in total. The molecule has 5 heteroatoms. The van der Waals surface area contributed by atoms with Gasteiger partial charge in [-0.2, -0.15) is 0 Å². The van der Waals surface area contributed by atoms with E-state index in [1.54, 1.807) is 0 Å². The summed E-state index contributed by atoms with van der Waals surface area (Å²) in [5.41, 5.74) is 14.6. The zero-order chi connectivity index (χ0) is 37.9. The van der Waals surface area contributed by atoms with Gasteiger partial charge >= 0.3 is 0 Å². The van der Waals surface area contributed by atoms with Crippen LogP contribution in [0.1, 0.15) is 0 Å². The van der Waals surface area contributed by atoms with Crippen LogP contribution in [-0.4, -0.2) is 14.1 Å². The normalized spacial score (nSPS) is 12.1. The van der Waals surface area contributed by atoms with Crippen molar-refractivity contribution in [2.75, 3.05) is 0 Å². The molecule has 0 amide bonds. The van der Waals surface area contributed by atoms with Gasteiger partial charge in [0.1, 0.15) is 22.3 Å². The number of rotatable bonds is 4. The van der Waals surface area contributed by atoms with E-state index in [0.717, 1.165) is 94.2 Å². The molecular weight excluding hydrogens is 711 g/mol. The van der Waals surface area contributed by atoms with Crippen LogP contribution in [0, 0.1) is 0 Å². The first-order valence-electron chi connectivity index (χ1n) is 19.6. The van der Waals surface area contributed by atoms with Crippen molar-refractivity contribution in [1.82, 2.24) is 14.1 Å². The monoisotopic (exact) mass is 741 g/mol. The van der Waals surface area contributed by atoms with Crippen molar-refractivity contribution in [3.63, 3.8) is 0 Å². The summed E-state index contributed by atoms with van der Waals surface area (Å²) in [5, 5.41) is 9.08. The summed E-state index contributed by atoms with van der Waals surface area (Å²) in [4.78, 5) is 5.08. The van der Waals surface area contributed by atoms with Crippen molar-refractivity contribution in [2.45, 2.75) is 0 Å². The maximum atomic E-state index is 6.40. The standard InChI is InChI=1S/C53H31N3O2/c1-2-12-35(13-3-1)55-46-18-7-5-16-38(46)41-28-45(54-31-49(41)55)34-21-23-48-40(27-34)37-15-4-8-19-47(37)56(48)36-14-10-11-32(25-36)33-22-24-51-42(26-33)44-30-52-43(29-53(44)58-51)39-17-6-9-20-50(39)57-52/h1-31H. The highest BCUT2D eigenvalue weighted by Crippen LogP contribution is 2.40. The van der Waals surface area contributed by atoms with Gasteiger partial charge in [0.15, 0.2) is 0 Å². The second-order valence-electron chi connectivity index (χ2n) is 15.2. The summed E-state index contributed by atoms with van der Waals surface area (Å²) in [5.74, 6) is 0. The highest BCUT2D eigenvalue weighted by atomic mass is 16.3. The van der Waals surface area contributed by atoms with Gasteiger partial charge in [0.2, 0.25) is 0 Å². The van der Waals surface area contributed by atoms with Gasteiger partial charge in [0.05, 0.1) is 34.0 Å². The van der Waals surface area contributed by atoms with E-state index in [9.17, 15) is 0 Å². The molecule has 0 spiro atoms. The molecule has 0 N–H and O–H groups in total. The number of furan rings is 2. The SMILES string of the molecule is c1ccc(-n2c3ccccc3c3cc(-c4ccc5c(c4)c4ccccc4n5-c4cccc(-c5ccc6oc7cc8c(cc7c6c5)oc5ccccc58)c4)ncc32)cc1. The van der Waals surface area contributed by atoms with Crippen LogP contribution in [0.25, 0.3) is 121 Å². The summed E-state index contributed by atoms with van der Waals surface area (Å²) in [6, 6.07) is 64.6. The number of hydrogen-bond acceptors (Lipinski definition) is 3. The Morgan fingerprint density at radius 1 is 0.310 bits per heavy atom. The Bertz CT molecular complexity index is 3810. The number of hydrogen-bond donors (Lipinski definition) is 0. The molecular formula is C53H31N3O2. The fraction of sp³-hybridized carbons (Fsp3) is 0. The highest BCUT2D eigenvalue weighted by Gasteiger charge is 2.18. The average Bonchev–Trinajstić information content (AvgIpc) is 4.02. The van der Waals surface area contributed by atoms with Gasteiger partial charge in [-0.25, -0.2) is 0 Å². The lowest BCUT2D eigenvalue weighted by Gasteiger charge is -2.11. The Balaban J connectivity index is 0.930. The highest BCUT2D eigenvalue weighted by molar-refractivity contribution is 6.16. The second-order valence-corrected chi connectivity index (χ2v) is 15.2. The first-order valence-corrected chi connectivity index (χ1v) is 19.6. The quantitative estimate of drug-likeness (QED) is 0.180. The van der Waals surface area contributed by atoms with Crippen LogP contribution in [0.5, 0.6) is 0 Å². The van der Waals surface area contributed by atoms with Crippen molar-refractivity contribution >= 4 is 87.5 Å². The molecule has 8 aromatic carbocycles. The predicted molar refractivity (Wildman–Crippen MR) is 238 cm³/mol. The van der Waals surface area contributed by atoms with Crippen LogP contribution in [0.4, 0.5) is 0 Å². The molecule has 0 atom stereocenters. The van der Waals surface area contributed by atoms with Crippen LogP contribution in [0.2, 0.25) is 0 Å². The third-order valence-corrected chi connectivity index (χ3v) is 11.9. The maximum Gasteiger partial charge on any atom is 0.136 e. The summed E-state index contributed by atoms with van der Waals surface area (Å²) in [6.07, 6.45) is 2.03. The fourth-order valence-corrected chi connectivity index (χ4v) is 9.29. The Hall–Kier alpha value is -7.89.